The molecular weight excluding hydrogens is 460 g/mol. The molecule has 1 aliphatic carbocycles. The molecule has 8 rings (SSSR count). The number of anilines is 1. The van der Waals surface area contributed by atoms with Crippen LogP contribution in [-0.4, -0.2) is 4.57 Å². The average molecular weight is 489 g/mol. The maximum Gasteiger partial charge on any atom is 0.131 e. The molecule has 0 fully saturated rings. The molecule has 2 nitrogen and oxygen atoms in total. The van der Waals surface area contributed by atoms with Crippen molar-refractivity contribution >= 4 is 16.6 Å². The summed E-state index contributed by atoms with van der Waals surface area (Å²) < 4.78 is 2.58. The van der Waals surface area contributed by atoms with Gasteiger partial charge in [0.2, 0.25) is 0 Å². The molecule has 0 amide bonds. The molecule has 0 spiro atoms. The standard InChI is InChI=1S/C36H28N2/c1-36(2)30-20-10-7-15-25(30)23-13-3-5-17-27(23)34-33(36)29-19-9-12-22-32(29)38(34)35-28-18-6-4-14-24(28)26-16-8-11-21-31(26)37-35/h3-22,35,37H,1-2H3. The SMILES string of the molecule is CC1(C)c2ccccc2-c2ccccc2-c2c1c1ccccc1n2C1Nc2ccccc2-c2ccccc21. The lowest BCUT2D eigenvalue weighted by molar-refractivity contribution is 0.636. The molecule has 6 aromatic rings. The van der Waals surface area contributed by atoms with Crippen LogP contribution in [0, 0.1) is 0 Å². The van der Waals surface area contributed by atoms with Crippen LogP contribution in [0.2, 0.25) is 0 Å². The van der Waals surface area contributed by atoms with E-state index in [0.29, 0.717) is 0 Å². The predicted molar refractivity (Wildman–Crippen MR) is 159 cm³/mol. The Hall–Kier alpha value is -4.56. The first-order valence-electron chi connectivity index (χ1n) is 13.4. The molecule has 2 heteroatoms. The third kappa shape index (κ3) is 2.78. The Bertz CT molecular complexity index is 1890. The van der Waals surface area contributed by atoms with Crippen molar-refractivity contribution in [3.63, 3.8) is 0 Å². The fraction of sp³-hybridized carbons (Fsp3) is 0.111. The highest BCUT2D eigenvalue weighted by molar-refractivity contribution is 6.00. The fourth-order valence-corrected chi connectivity index (χ4v) is 7.00. The van der Waals surface area contributed by atoms with E-state index in [1.165, 1.54) is 66.8 Å². The van der Waals surface area contributed by atoms with Gasteiger partial charge in [0.05, 0.1) is 11.2 Å². The maximum absolute atomic E-state index is 3.96. The van der Waals surface area contributed by atoms with Crippen LogP contribution in [0.15, 0.2) is 121 Å². The molecule has 5 aromatic carbocycles. The van der Waals surface area contributed by atoms with Crippen LogP contribution in [0.4, 0.5) is 5.69 Å². The van der Waals surface area contributed by atoms with E-state index in [9.17, 15) is 0 Å². The van der Waals surface area contributed by atoms with Gasteiger partial charge in [0.15, 0.2) is 0 Å². The summed E-state index contributed by atoms with van der Waals surface area (Å²) >= 11 is 0. The second-order valence-electron chi connectivity index (χ2n) is 11.0. The second kappa shape index (κ2) is 7.72. The Balaban J connectivity index is 1.53. The second-order valence-corrected chi connectivity index (χ2v) is 11.0. The van der Waals surface area contributed by atoms with Gasteiger partial charge >= 0.3 is 0 Å². The molecule has 0 saturated carbocycles. The molecule has 182 valence electrons. The normalized spacial score (nSPS) is 16.3. The first-order valence-corrected chi connectivity index (χ1v) is 13.4. The molecule has 0 saturated heterocycles. The van der Waals surface area contributed by atoms with Crippen LogP contribution in [0.5, 0.6) is 0 Å². The molecule has 1 aliphatic heterocycles. The van der Waals surface area contributed by atoms with Gasteiger partial charge in [-0.2, -0.15) is 0 Å². The van der Waals surface area contributed by atoms with E-state index in [2.05, 4.69) is 145 Å². The Morgan fingerprint density at radius 2 is 1.18 bits per heavy atom. The van der Waals surface area contributed by atoms with Crippen molar-refractivity contribution in [3.8, 4) is 33.5 Å². The van der Waals surface area contributed by atoms with Crippen molar-refractivity contribution in [1.29, 1.82) is 0 Å². The number of aromatic nitrogens is 1. The minimum Gasteiger partial charge on any atom is -0.361 e. The summed E-state index contributed by atoms with van der Waals surface area (Å²) in [4.78, 5) is 0. The van der Waals surface area contributed by atoms with Gasteiger partial charge in [0.1, 0.15) is 6.17 Å². The number of rotatable bonds is 1. The van der Waals surface area contributed by atoms with Crippen molar-refractivity contribution < 1.29 is 0 Å². The zero-order valence-corrected chi connectivity index (χ0v) is 21.6. The molecule has 1 unspecified atom stereocenters. The number of fused-ring (bicyclic) bond motifs is 10. The van der Waals surface area contributed by atoms with E-state index in [4.69, 9.17) is 0 Å². The average Bonchev–Trinajstić information content (AvgIpc) is 3.29. The van der Waals surface area contributed by atoms with Crippen LogP contribution in [-0.2, 0) is 5.41 Å². The Morgan fingerprint density at radius 1 is 0.579 bits per heavy atom. The van der Waals surface area contributed by atoms with Gasteiger partial charge in [0.25, 0.3) is 0 Å². The molecule has 1 atom stereocenters. The van der Waals surface area contributed by atoms with Crippen molar-refractivity contribution in [2.45, 2.75) is 25.4 Å². The van der Waals surface area contributed by atoms with Crippen LogP contribution in [0.1, 0.15) is 36.7 Å². The first-order chi connectivity index (χ1) is 18.6. The predicted octanol–water partition coefficient (Wildman–Crippen LogP) is 9.25. The summed E-state index contributed by atoms with van der Waals surface area (Å²) in [5.41, 5.74) is 14.1. The van der Waals surface area contributed by atoms with Crippen molar-refractivity contribution in [1.82, 2.24) is 4.57 Å². The van der Waals surface area contributed by atoms with Crippen LogP contribution < -0.4 is 5.32 Å². The highest BCUT2D eigenvalue weighted by atomic mass is 15.2. The van der Waals surface area contributed by atoms with E-state index >= 15 is 0 Å². The number of hydrogen-bond donors (Lipinski definition) is 1. The van der Waals surface area contributed by atoms with Crippen LogP contribution in [0.3, 0.4) is 0 Å². The minimum absolute atomic E-state index is 0.0418. The molecule has 1 aromatic heterocycles. The highest BCUT2D eigenvalue weighted by Gasteiger charge is 2.39. The summed E-state index contributed by atoms with van der Waals surface area (Å²) in [5.74, 6) is 0. The molecule has 2 heterocycles. The van der Waals surface area contributed by atoms with E-state index in [0.717, 1.165) is 0 Å². The monoisotopic (exact) mass is 488 g/mol. The van der Waals surface area contributed by atoms with Gasteiger partial charge in [-0.3, -0.25) is 0 Å². The van der Waals surface area contributed by atoms with Crippen LogP contribution in [0.25, 0.3) is 44.4 Å². The Kier molecular flexibility index (Phi) is 4.37. The zero-order valence-electron chi connectivity index (χ0n) is 21.6. The number of para-hydroxylation sites is 2. The van der Waals surface area contributed by atoms with E-state index in [1.54, 1.807) is 0 Å². The lowest BCUT2D eigenvalue weighted by Gasteiger charge is -2.33. The number of hydrogen-bond acceptors (Lipinski definition) is 1. The first kappa shape index (κ1) is 21.5. The van der Waals surface area contributed by atoms with Gasteiger partial charge < -0.3 is 9.88 Å². The Morgan fingerprint density at radius 3 is 2.03 bits per heavy atom. The zero-order chi connectivity index (χ0) is 25.4. The van der Waals surface area contributed by atoms with E-state index in [-0.39, 0.29) is 11.6 Å². The van der Waals surface area contributed by atoms with Gasteiger partial charge in [0, 0.05) is 33.2 Å². The van der Waals surface area contributed by atoms with Crippen LogP contribution >= 0.6 is 0 Å². The van der Waals surface area contributed by atoms with Crippen molar-refractivity contribution in [2.24, 2.45) is 0 Å². The van der Waals surface area contributed by atoms with Gasteiger partial charge in [-0.15, -0.1) is 0 Å². The molecule has 1 N–H and O–H groups in total. The third-order valence-electron chi connectivity index (χ3n) is 8.63. The summed E-state index contributed by atoms with van der Waals surface area (Å²) in [6.07, 6.45) is -0.0418. The fourth-order valence-electron chi connectivity index (χ4n) is 7.00. The largest absolute Gasteiger partial charge is 0.361 e. The molecule has 2 aliphatic rings. The molecule has 0 radical (unpaired) electrons. The molecule has 0 bridgehead atoms. The van der Waals surface area contributed by atoms with Gasteiger partial charge in [-0.25, -0.2) is 0 Å². The molecule has 38 heavy (non-hydrogen) atoms. The smallest absolute Gasteiger partial charge is 0.131 e. The summed E-state index contributed by atoms with van der Waals surface area (Å²) in [5, 5.41) is 5.28. The highest BCUT2D eigenvalue weighted by Crippen LogP contribution is 2.54. The van der Waals surface area contributed by atoms with E-state index in [1.807, 2.05) is 0 Å². The quantitative estimate of drug-likeness (QED) is 0.244. The topological polar surface area (TPSA) is 17.0 Å². The van der Waals surface area contributed by atoms with Gasteiger partial charge in [-0.1, -0.05) is 123 Å². The summed E-state index contributed by atoms with van der Waals surface area (Å²) in [6, 6.07) is 44.4. The lowest BCUT2D eigenvalue weighted by atomic mass is 9.75. The van der Waals surface area contributed by atoms with Gasteiger partial charge in [-0.05, 0) is 39.9 Å². The minimum atomic E-state index is -0.193. The van der Waals surface area contributed by atoms with E-state index < -0.39 is 0 Å². The molecular formula is C36H28N2. The summed E-state index contributed by atoms with van der Waals surface area (Å²) in [6.45, 7) is 4.79. The number of nitrogens with zero attached hydrogens (tertiary/aromatic N) is 1. The van der Waals surface area contributed by atoms with Crippen molar-refractivity contribution in [3.05, 3.63) is 138 Å². The summed E-state index contributed by atoms with van der Waals surface area (Å²) in [7, 11) is 0. The third-order valence-corrected chi connectivity index (χ3v) is 8.63. The number of nitrogens with one attached hydrogen (secondary N) is 1. The number of benzene rings is 5. The lowest BCUT2D eigenvalue weighted by Crippen LogP contribution is -2.25. The maximum atomic E-state index is 3.96. The Labute approximate surface area is 223 Å². The van der Waals surface area contributed by atoms with Crippen molar-refractivity contribution in [2.75, 3.05) is 5.32 Å².